The Morgan fingerprint density at radius 3 is 2.78 bits per heavy atom. The summed E-state index contributed by atoms with van der Waals surface area (Å²) < 4.78 is 22.5. The van der Waals surface area contributed by atoms with Crippen LogP contribution in [-0.4, -0.2) is 36.1 Å². The fraction of sp³-hybridized carbons (Fsp3) is 0.259. The van der Waals surface area contributed by atoms with Crippen molar-refractivity contribution < 1.29 is 23.1 Å². The molecule has 10 nitrogen and oxygen atoms in total. The van der Waals surface area contributed by atoms with Gasteiger partial charge >= 0.3 is 0 Å². The second-order valence-corrected chi connectivity index (χ2v) is 8.53. The molecule has 188 valence electrons. The fourth-order valence-corrected chi connectivity index (χ4v) is 4.21. The molecule has 0 radical (unpaired) electrons. The molecule has 0 atom stereocenters. The summed E-state index contributed by atoms with van der Waals surface area (Å²) in [7, 11) is 1.57. The van der Waals surface area contributed by atoms with Crippen molar-refractivity contribution in [3.8, 4) is 29.2 Å². The average molecular weight is 500 g/mol. The zero-order valence-electron chi connectivity index (χ0n) is 20.2. The maximum atomic E-state index is 13.0. The van der Waals surface area contributed by atoms with Crippen molar-refractivity contribution in [2.45, 2.75) is 19.4 Å². The molecule has 4 heterocycles. The molecule has 3 aromatic heterocycles. The summed E-state index contributed by atoms with van der Waals surface area (Å²) in [6.45, 7) is 1.44. The van der Waals surface area contributed by atoms with Crippen molar-refractivity contribution in [1.29, 1.82) is 5.26 Å². The van der Waals surface area contributed by atoms with E-state index in [2.05, 4.69) is 21.4 Å². The first-order valence-corrected chi connectivity index (χ1v) is 11.8. The Hall–Kier alpha value is -4.78. The lowest BCUT2D eigenvalue weighted by molar-refractivity contribution is -0.120. The van der Waals surface area contributed by atoms with Gasteiger partial charge in [0.1, 0.15) is 12.7 Å². The Balaban J connectivity index is 1.20. The fourth-order valence-electron chi connectivity index (χ4n) is 4.21. The average Bonchev–Trinajstić information content (AvgIpc) is 3.63. The Morgan fingerprint density at radius 1 is 1.22 bits per heavy atom. The van der Waals surface area contributed by atoms with E-state index < -0.39 is 0 Å². The summed E-state index contributed by atoms with van der Waals surface area (Å²) in [6.07, 6.45) is 6.17. The van der Waals surface area contributed by atoms with Gasteiger partial charge in [-0.2, -0.15) is 10.2 Å². The van der Waals surface area contributed by atoms with E-state index in [9.17, 15) is 10.1 Å². The minimum atomic E-state index is -0.184. The Bertz CT molecular complexity index is 1390. The molecule has 1 N–H and O–H groups in total. The summed E-state index contributed by atoms with van der Waals surface area (Å²) in [6, 6.07) is 14.6. The molecule has 10 heteroatoms. The lowest BCUT2D eigenvalue weighted by atomic mass is 9.96. The molecule has 4 aromatic rings. The van der Waals surface area contributed by atoms with Crippen molar-refractivity contribution in [3.05, 3.63) is 72.4 Å². The van der Waals surface area contributed by atoms with Gasteiger partial charge in [0, 0.05) is 48.7 Å². The van der Waals surface area contributed by atoms with Crippen LogP contribution < -0.4 is 19.7 Å². The third kappa shape index (κ3) is 5.41. The highest BCUT2D eigenvalue weighted by atomic mass is 16.5. The number of aromatic nitrogens is 2. The van der Waals surface area contributed by atoms with Gasteiger partial charge in [-0.15, -0.1) is 0 Å². The Labute approximate surface area is 213 Å². The predicted octanol–water partition coefficient (Wildman–Crippen LogP) is 4.64. The van der Waals surface area contributed by atoms with E-state index in [-0.39, 0.29) is 23.4 Å². The molecule has 1 aromatic carbocycles. The normalized spacial score (nSPS) is 13.7. The molecule has 37 heavy (non-hydrogen) atoms. The number of hydrogen-bond donors (Lipinski definition) is 1. The van der Waals surface area contributed by atoms with Gasteiger partial charge in [-0.05, 0) is 43.2 Å². The highest BCUT2D eigenvalue weighted by molar-refractivity contribution is 5.93. The van der Waals surface area contributed by atoms with Crippen molar-refractivity contribution in [3.63, 3.8) is 0 Å². The third-order valence-electron chi connectivity index (χ3n) is 6.15. The molecule has 0 aliphatic carbocycles. The van der Waals surface area contributed by atoms with Crippen LogP contribution in [0.4, 0.5) is 11.6 Å². The zero-order valence-corrected chi connectivity index (χ0v) is 20.2. The molecule has 1 saturated heterocycles. The molecule has 1 aliphatic rings. The number of oxazole rings is 1. The quantitative estimate of drug-likeness (QED) is 0.369. The number of amides is 1. The van der Waals surface area contributed by atoms with Crippen LogP contribution in [0.25, 0.3) is 11.7 Å². The molecular weight excluding hydrogens is 474 g/mol. The minimum absolute atomic E-state index is 0.0719. The zero-order chi connectivity index (χ0) is 25.6. The molecular formula is C27H25N5O5. The smallest absolute Gasteiger partial charge is 0.266 e. The first-order chi connectivity index (χ1) is 18.1. The van der Waals surface area contributed by atoms with Gasteiger partial charge in [0.15, 0.2) is 17.3 Å². The third-order valence-corrected chi connectivity index (χ3v) is 6.15. The van der Waals surface area contributed by atoms with E-state index in [0.29, 0.717) is 61.4 Å². The Kier molecular flexibility index (Phi) is 7.03. The maximum Gasteiger partial charge on any atom is 0.266 e. The summed E-state index contributed by atoms with van der Waals surface area (Å²) >= 11 is 0. The van der Waals surface area contributed by atoms with Crippen LogP contribution in [0.15, 0.2) is 70.0 Å². The number of hydrogen-bond acceptors (Lipinski definition) is 9. The SMILES string of the molecule is COc1ccc(NC(=O)C2CCN(c3oc(-c4ccco4)nc3C#N)CC2)cc1OCc1cccnc1. The second kappa shape index (κ2) is 10.9. The van der Waals surface area contributed by atoms with E-state index in [1.165, 1.54) is 6.26 Å². The summed E-state index contributed by atoms with van der Waals surface area (Å²) in [5, 5.41) is 12.5. The lowest BCUT2D eigenvalue weighted by Gasteiger charge is -2.31. The number of nitrogens with one attached hydrogen (secondary N) is 1. The van der Waals surface area contributed by atoms with Crippen LogP contribution in [0.1, 0.15) is 24.1 Å². The maximum absolute atomic E-state index is 13.0. The number of ether oxygens (including phenoxy) is 2. The molecule has 0 unspecified atom stereocenters. The van der Waals surface area contributed by atoms with Crippen LogP contribution >= 0.6 is 0 Å². The highest BCUT2D eigenvalue weighted by Crippen LogP contribution is 2.33. The number of anilines is 2. The molecule has 1 amide bonds. The number of pyridine rings is 1. The number of benzene rings is 1. The topological polar surface area (TPSA) is 127 Å². The largest absolute Gasteiger partial charge is 0.493 e. The van der Waals surface area contributed by atoms with Gasteiger partial charge in [0.25, 0.3) is 5.89 Å². The standard InChI is InChI=1S/C27H25N5O5/c1-34-22-7-6-20(14-24(22)36-17-18-4-2-10-29-16-18)30-25(33)19-8-11-32(12-9-19)27-21(15-28)31-26(37-27)23-5-3-13-35-23/h2-7,10,13-14,16,19H,8-9,11-12,17H2,1H3,(H,30,33). The number of carbonyl (C=O) groups is 1. The van der Waals surface area contributed by atoms with E-state index in [1.807, 2.05) is 17.0 Å². The number of nitriles is 1. The molecule has 1 fully saturated rings. The summed E-state index contributed by atoms with van der Waals surface area (Å²) in [5.74, 6) is 1.97. The number of nitrogens with zero attached hydrogens (tertiary/aromatic N) is 4. The summed E-state index contributed by atoms with van der Waals surface area (Å²) in [4.78, 5) is 23.3. The van der Waals surface area contributed by atoms with E-state index in [0.717, 1.165) is 5.56 Å². The van der Waals surface area contributed by atoms with Crippen LogP contribution in [0.2, 0.25) is 0 Å². The predicted molar refractivity (Wildman–Crippen MR) is 134 cm³/mol. The number of rotatable bonds is 8. The molecule has 0 saturated carbocycles. The van der Waals surface area contributed by atoms with Crippen LogP contribution in [0.5, 0.6) is 11.5 Å². The number of carbonyl (C=O) groups excluding carboxylic acids is 1. The van der Waals surface area contributed by atoms with Gasteiger partial charge in [0.2, 0.25) is 17.5 Å². The van der Waals surface area contributed by atoms with E-state index in [4.69, 9.17) is 18.3 Å². The second-order valence-electron chi connectivity index (χ2n) is 8.53. The first kappa shape index (κ1) is 23.9. The van der Waals surface area contributed by atoms with Crippen LogP contribution in [0.3, 0.4) is 0 Å². The number of piperidine rings is 1. The van der Waals surface area contributed by atoms with Crippen molar-refractivity contribution >= 4 is 17.5 Å². The molecule has 1 aliphatic heterocycles. The minimum Gasteiger partial charge on any atom is -0.493 e. The van der Waals surface area contributed by atoms with Gasteiger partial charge in [-0.1, -0.05) is 6.07 Å². The molecule has 0 bridgehead atoms. The van der Waals surface area contributed by atoms with Gasteiger partial charge in [0.05, 0.1) is 13.4 Å². The van der Waals surface area contributed by atoms with E-state index in [1.54, 1.807) is 49.8 Å². The Morgan fingerprint density at radius 2 is 2.08 bits per heavy atom. The first-order valence-electron chi connectivity index (χ1n) is 11.8. The van der Waals surface area contributed by atoms with Gasteiger partial charge in [-0.3, -0.25) is 9.78 Å². The van der Waals surface area contributed by atoms with Crippen LogP contribution in [0, 0.1) is 17.2 Å². The van der Waals surface area contributed by atoms with Crippen molar-refractivity contribution in [2.24, 2.45) is 5.92 Å². The van der Waals surface area contributed by atoms with E-state index >= 15 is 0 Å². The summed E-state index contributed by atoms with van der Waals surface area (Å²) in [5.41, 5.74) is 1.75. The van der Waals surface area contributed by atoms with Crippen molar-refractivity contribution in [2.75, 3.05) is 30.4 Å². The molecule has 5 rings (SSSR count). The molecule has 0 spiro atoms. The monoisotopic (exact) mass is 499 g/mol. The number of furan rings is 1. The van der Waals surface area contributed by atoms with Crippen LogP contribution in [-0.2, 0) is 11.4 Å². The number of methoxy groups -OCH3 is 1. The van der Waals surface area contributed by atoms with Gasteiger partial charge < -0.3 is 28.5 Å². The van der Waals surface area contributed by atoms with Gasteiger partial charge in [-0.25, -0.2) is 0 Å². The highest BCUT2D eigenvalue weighted by Gasteiger charge is 2.29. The lowest BCUT2D eigenvalue weighted by Crippen LogP contribution is -2.38. The van der Waals surface area contributed by atoms with Crippen molar-refractivity contribution in [1.82, 2.24) is 9.97 Å².